The number of esters is 1. The molecule has 0 saturated carbocycles. The third-order valence-corrected chi connectivity index (χ3v) is 6.36. The molecule has 0 aliphatic carbocycles. The highest BCUT2D eigenvalue weighted by Gasteiger charge is 2.26. The van der Waals surface area contributed by atoms with Crippen LogP contribution in [0.3, 0.4) is 0 Å². The first-order chi connectivity index (χ1) is 14.6. The minimum atomic E-state index is -0.331. The Morgan fingerprint density at radius 3 is 2.53 bits per heavy atom. The van der Waals surface area contributed by atoms with Crippen LogP contribution in [0.15, 0.2) is 46.9 Å². The number of benzene rings is 2. The van der Waals surface area contributed by atoms with Crippen LogP contribution in [0.25, 0.3) is 10.9 Å². The van der Waals surface area contributed by atoms with Crippen molar-refractivity contribution in [1.29, 1.82) is 0 Å². The number of piperidine rings is 1. The van der Waals surface area contributed by atoms with Crippen LogP contribution in [0.2, 0.25) is 0 Å². The zero-order chi connectivity index (χ0) is 21.1. The van der Waals surface area contributed by atoms with Gasteiger partial charge in [-0.25, -0.2) is 4.79 Å². The molecule has 1 aliphatic heterocycles. The molecular formula is C24H27BrN2O3. The summed E-state index contributed by atoms with van der Waals surface area (Å²) in [5.74, 6) is -0.211. The molecule has 0 atom stereocenters. The Labute approximate surface area is 185 Å². The highest BCUT2D eigenvalue weighted by Crippen LogP contribution is 2.36. The third kappa shape index (κ3) is 4.25. The number of aromatic nitrogens is 1. The molecule has 30 heavy (non-hydrogen) atoms. The Bertz CT molecular complexity index is 1040. The maximum absolute atomic E-state index is 13.0. The van der Waals surface area contributed by atoms with Gasteiger partial charge in [0, 0.05) is 24.2 Å². The molecule has 0 spiro atoms. The van der Waals surface area contributed by atoms with Crippen LogP contribution in [0.1, 0.15) is 47.8 Å². The van der Waals surface area contributed by atoms with Crippen molar-refractivity contribution in [2.24, 2.45) is 0 Å². The Kier molecular flexibility index (Phi) is 6.44. The van der Waals surface area contributed by atoms with Crippen LogP contribution in [-0.2, 0) is 17.8 Å². The zero-order valence-electron chi connectivity index (χ0n) is 17.2. The van der Waals surface area contributed by atoms with Crippen molar-refractivity contribution in [2.45, 2.75) is 39.3 Å². The molecule has 6 heteroatoms. The highest BCUT2D eigenvalue weighted by molar-refractivity contribution is 9.10. The van der Waals surface area contributed by atoms with E-state index in [-0.39, 0.29) is 11.7 Å². The van der Waals surface area contributed by atoms with Gasteiger partial charge in [0.1, 0.15) is 5.75 Å². The minimum absolute atomic E-state index is 0.120. The van der Waals surface area contributed by atoms with E-state index in [4.69, 9.17) is 4.74 Å². The van der Waals surface area contributed by atoms with Crippen LogP contribution >= 0.6 is 15.9 Å². The molecule has 2 heterocycles. The normalized spacial score (nSPS) is 14.9. The lowest BCUT2D eigenvalue weighted by molar-refractivity contribution is 0.0525. The van der Waals surface area contributed by atoms with Gasteiger partial charge in [-0.05, 0) is 66.5 Å². The average Bonchev–Trinajstić information content (AvgIpc) is 3.02. The lowest BCUT2D eigenvalue weighted by Crippen LogP contribution is -2.31. The zero-order valence-corrected chi connectivity index (χ0v) is 18.8. The van der Waals surface area contributed by atoms with E-state index >= 15 is 0 Å². The fraction of sp³-hybridized carbons (Fsp3) is 0.375. The van der Waals surface area contributed by atoms with Crippen LogP contribution in [0, 0.1) is 0 Å². The Morgan fingerprint density at radius 2 is 1.83 bits per heavy atom. The molecule has 1 aromatic heterocycles. The summed E-state index contributed by atoms with van der Waals surface area (Å²) >= 11 is 3.45. The van der Waals surface area contributed by atoms with Gasteiger partial charge in [0.15, 0.2) is 0 Å². The van der Waals surface area contributed by atoms with Crippen molar-refractivity contribution < 1.29 is 14.6 Å². The Balaban J connectivity index is 1.90. The van der Waals surface area contributed by atoms with Crippen molar-refractivity contribution in [2.75, 3.05) is 19.7 Å². The number of phenols is 1. The summed E-state index contributed by atoms with van der Waals surface area (Å²) < 4.78 is 8.25. The van der Waals surface area contributed by atoms with Crippen LogP contribution in [0.5, 0.6) is 5.75 Å². The maximum Gasteiger partial charge on any atom is 0.340 e. The second-order valence-electron chi connectivity index (χ2n) is 7.77. The van der Waals surface area contributed by atoms with Gasteiger partial charge in [-0.15, -0.1) is 0 Å². The number of aromatic hydroxyl groups is 1. The topological polar surface area (TPSA) is 54.7 Å². The summed E-state index contributed by atoms with van der Waals surface area (Å²) in [5.41, 5.74) is 3.59. The van der Waals surface area contributed by atoms with Gasteiger partial charge >= 0.3 is 5.97 Å². The standard InChI is InChI=1S/C24H27BrN2O3/c1-2-30-24(29)23-18-13-22(28)19(25)14-20(18)27(15-17-9-5-3-6-10-17)21(23)16-26-11-7-4-8-12-26/h3,5-6,9-10,13-14,28H,2,4,7-8,11-12,15-16H2,1H3. The lowest BCUT2D eigenvalue weighted by Gasteiger charge is -2.27. The summed E-state index contributed by atoms with van der Waals surface area (Å²) in [6.45, 7) is 5.54. The predicted octanol–water partition coefficient (Wildman–Crippen LogP) is 5.32. The molecule has 0 amide bonds. The van der Waals surface area contributed by atoms with E-state index in [2.05, 4.69) is 37.5 Å². The minimum Gasteiger partial charge on any atom is -0.507 e. The van der Waals surface area contributed by atoms with Gasteiger partial charge in [-0.3, -0.25) is 4.90 Å². The second-order valence-corrected chi connectivity index (χ2v) is 8.63. The average molecular weight is 471 g/mol. The number of nitrogens with zero attached hydrogens (tertiary/aromatic N) is 2. The molecule has 158 valence electrons. The van der Waals surface area contributed by atoms with Crippen molar-refractivity contribution in [3.05, 3.63) is 63.8 Å². The SMILES string of the molecule is CCOC(=O)c1c(CN2CCCCC2)n(Cc2ccccc2)c2cc(Br)c(O)cc12. The summed E-state index contributed by atoms with van der Waals surface area (Å²) in [5, 5.41) is 11.1. The Hall–Kier alpha value is -2.31. The molecule has 2 aromatic carbocycles. The van der Waals surface area contributed by atoms with Crippen molar-refractivity contribution >= 4 is 32.8 Å². The number of halogens is 1. The van der Waals surface area contributed by atoms with Gasteiger partial charge in [0.05, 0.1) is 22.2 Å². The number of fused-ring (bicyclic) bond motifs is 1. The van der Waals surface area contributed by atoms with Gasteiger partial charge in [0.25, 0.3) is 0 Å². The maximum atomic E-state index is 13.0. The molecule has 5 nitrogen and oxygen atoms in total. The summed E-state index contributed by atoms with van der Waals surface area (Å²) in [4.78, 5) is 15.4. The first-order valence-corrected chi connectivity index (χ1v) is 11.3. The molecule has 1 fully saturated rings. The molecule has 3 aromatic rings. The van der Waals surface area contributed by atoms with Crippen molar-refractivity contribution in [3.63, 3.8) is 0 Å². The molecule has 1 N–H and O–H groups in total. The number of hydrogen-bond donors (Lipinski definition) is 1. The van der Waals surface area contributed by atoms with E-state index in [1.165, 1.54) is 19.3 Å². The number of hydrogen-bond acceptors (Lipinski definition) is 4. The fourth-order valence-electron chi connectivity index (χ4n) is 4.28. The van der Waals surface area contributed by atoms with Crippen molar-refractivity contribution in [3.8, 4) is 5.75 Å². The predicted molar refractivity (Wildman–Crippen MR) is 122 cm³/mol. The van der Waals surface area contributed by atoms with E-state index in [9.17, 15) is 9.90 Å². The van der Waals surface area contributed by atoms with E-state index in [1.54, 1.807) is 6.07 Å². The smallest absolute Gasteiger partial charge is 0.340 e. The number of ether oxygens (including phenoxy) is 1. The van der Waals surface area contributed by atoms with Crippen LogP contribution < -0.4 is 0 Å². The molecule has 0 bridgehead atoms. The fourth-order valence-corrected chi connectivity index (χ4v) is 4.61. The van der Waals surface area contributed by atoms with Gasteiger partial charge < -0.3 is 14.4 Å². The van der Waals surface area contributed by atoms with Crippen LogP contribution in [0.4, 0.5) is 0 Å². The molecule has 1 aliphatic rings. The summed E-state index contributed by atoms with van der Waals surface area (Å²) in [7, 11) is 0. The number of carbonyl (C=O) groups excluding carboxylic acids is 1. The Morgan fingerprint density at radius 1 is 1.10 bits per heavy atom. The van der Waals surface area contributed by atoms with E-state index < -0.39 is 0 Å². The number of carbonyl (C=O) groups is 1. The third-order valence-electron chi connectivity index (χ3n) is 5.72. The first-order valence-electron chi connectivity index (χ1n) is 10.6. The first kappa shape index (κ1) is 20.9. The van der Waals surface area contributed by atoms with E-state index in [0.717, 1.165) is 35.2 Å². The monoisotopic (exact) mass is 470 g/mol. The number of phenolic OH excluding ortho intramolecular Hbond substituents is 1. The molecule has 1 saturated heterocycles. The van der Waals surface area contributed by atoms with Gasteiger partial charge in [-0.1, -0.05) is 36.8 Å². The van der Waals surface area contributed by atoms with Gasteiger partial charge in [-0.2, -0.15) is 0 Å². The van der Waals surface area contributed by atoms with Crippen molar-refractivity contribution in [1.82, 2.24) is 9.47 Å². The summed E-state index contributed by atoms with van der Waals surface area (Å²) in [6.07, 6.45) is 3.62. The number of likely N-dealkylation sites (tertiary alicyclic amines) is 1. The molecule has 0 radical (unpaired) electrons. The largest absolute Gasteiger partial charge is 0.507 e. The molecular weight excluding hydrogens is 444 g/mol. The van der Waals surface area contributed by atoms with E-state index in [0.29, 0.717) is 29.7 Å². The summed E-state index contributed by atoms with van der Waals surface area (Å²) in [6, 6.07) is 13.8. The van der Waals surface area contributed by atoms with E-state index in [1.807, 2.05) is 31.2 Å². The molecule has 4 rings (SSSR count). The lowest BCUT2D eigenvalue weighted by atomic mass is 10.1. The van der Waals surface area contributed by atoms with Gasteiger partial charge in [0.2, 0.25) is 0 Å². The highest BCUT2D eigenvalue weighted by atomic mass is 79.9. The number of rotatable bonds is 6. The van der Waals surface area contributed by atoms with Crippen LogP contribution in [-0.4, -0.2) is 40.2 Å². The quantitative estimate of drug-likeness (QED) is 0.495. The second kappa shape index (κ2) is 9.23. The molecule has 0 unspecified atom stereocenters.